The normalized spacial score (nSPS) is 12.6. The van der Waals surface area contributed by atoms with Crippen LogP contribution in [0, 0.1) is 12.7 Å². The summed E-state index contributed by atoms with van der Waals surface area (Å²) >= 11 is 1.75. The van der Waals surface area contributed by atoms with E-state index in [9.17, 15) is 4.39 Å². The second-order valence-corrected chi connectivity index (χ2v) is 5.18. The number of halogens is 1. The van der Waals surface area contributed by atoms with Crippen molar-refractivity contribution >= 4 is 11.3 Å². The number of aryl methyl sites for hydroxylation is 1. The Balaban J connectivity index is 1.96. The first kappa shape index (κ1) is 12.3. The van der Waals surface area contributed by atoms with Gasteiger partial charge in [0.15, 0.2) is 0 Å². The van der Waals surface area contributed by atoms with Gasteiger partial charge in [-0.1, -0.05) is 18.2 Å². The van der Waals surface area contributed by atoms with Crippen LogP contribution in [0.4, 0.5) is 4.39 Å². The molecule has 2 rings (SSSR count). The quantitative estimate of drug-likeness (QED) is 0.862. The van der Waals surface area contributed by atoms with Gasteiger partial charge in [-0.15, -0.1) is 11.3 Å². The van der Waals surface area contributed by atoms with Crippen molar-refractivity contribution in [3.63, 3.8) is 0 Å². The summed E-state index contributed by atoms with van der Waals surface area (Å²) in [4.78, 5) is 1.32. The summed E-state index contributed by atoms with van der Waals surface area (Å²) in [6.07, 6.45) is 0. The fourth-order valence-corrected chi connectivity index (χ4v) is 2.48. The summed E-state index contributed by atoms with van der Waals surface area (Å²) in [7, 11) is 0. The minimum atomic E-state index is -0.139. The molecule has 1 heterocycles. The van der Waals surface area contributed by atoms with Gasteiger partial charge in [-0.05, 0) is 42.5 Å². The highest BCUT2D eigenvalue weighted by atomic mass is 32.1. The number of thiophene rings is 1. The zero-order valence-electron chi connectivity index (χ0n) is 10.0. The molecule has 0 fully saturated rings. The van der Waals surface area contributed by atoms with E-state index in [1.165, 1.54) is 10.9 Å². The lowest BCUT2D eigenvalue weighted by Crippen LogP contribution is -2.17. The van der Waals surface area contributed by atoms with Crippen molar-refractivity contribution in [3.8, 4) is 0 Å². The van der Waals surface area contributed by atoms with Crippen molar-refractivity contribution in [2.24, 2.45) is 0 Å². The van der Waals surface area contributed by atoms with Crippen LogP contribution < -0.4 is 5.32 Å². The molecule has 1 N–H and O–H groups in total. The van der Waals surface area contributed by atoms with E-state index in [4.69, 9.17) is 0 Å². The van der Waals surface area contributed by atoms with Crippen LogP contribution in [0.5, 0.6) is 0 Å². The summed E-state index contributed by atoms with van der Waals surface area (Å²) in [5.41, 5.74) is 1.82. The van der Waals surface area contributed by atoms with Crippen LogP contribution in [0.1, 0.15) is 29.0 Å². The maximum Gasteiger partial charge on any atom is 0.126 e. The minimum Gasteiger partial charge on any atom is -0.305 e. The second-order valence-electron chi connectivity index (χ2n) is 4.20. The molecule has 1 atom stereocenters. The Morgan fingerprint density at radius 1 is 1.35 bits per heavy atom. The molecular formula is C14H16FNS. The Labute approximate surface area is 105 Å². The van der Waals surface area contributed by atoms with Crippen LogP contribution >= 0.6 is 11.3 Å². The summed E-state index contributed by atoms with van der Waals surface area (Å²) in [6.45, 7) is 4.70. The molecule has 0 amide bonds. The Hall–Kier alpha value is -1.19. The summed E-state index contributed by atoms with van der Waals surface area (Å²) in [5, 5.41) is 5.51. The van der Waals surface area contributed by atoms with E-state index in [2.05, 4.69) is 29.8 Å². The van der Waals surface area contributed by atoms with Gasteiger partial charge in [0.05, 0.1) is 0 Å². The number of nitrogens with one attached hydrogen (secondary N) is 1. The van der Waals surface area contributed by atoms with Gasteiger partial charge in [0.1, 0.15) is 5.82 Å². The summed E-state index contributed by atoms with van der Waals surface area (Å²) in [6, 6.07) is 9.76. The van der Waals surface area contributed by atoms with Crippen molar-refractivity contribution in [1.29, 1.82) is 0 Å². The predicted molar refractivity (Wildman–Crippen MR) is 70.7 cm³/mol. The molecule has 17 heavy (non-hydrogen) atoms. The maximum atomic E-state index is 13.1. The van der Waals surface area contributed by atoms with Gasteiger partial charge in [-0.2, -0.15) is 0 Å². The molecule has 1 nitrogen and oxygen atoms in total. The maximum absolute atomic E-state index is 13.1. The van der Waals surface area contributed by atoms with E-state index in [1.54, 1.807) is 18.3 Å². The molecule has 0 radical (unpaired) electrons. The van der Waals surface area contributed by atoms with Crippen LogP contribution in [0.25, 0.3) is 0 Å². The summed E-state index contributed by atoms with van der Waals surface area (Å²) < 4.78 is 13.1. The van der Waals surface area contributed by atoms with Crippen LogP contribution in [-0.4, -0.2) is 0 Å². The first-order valence-corrected chi connectivity index (χ1v) is 6.56. The van der Waals surface area contributed by atoms with Crippen molar-refractivity contribution in [2.75, 3.05) is 0 Å². The smallest absolute Gasteiger partial charge is 0.126 e. The number of benzene rings is 1. The average molecular weight is 249 g/mol. The van der Waals surface area contributed by atoms with E-state index in [-0.39, 0.29) is 5.82 Å². The third-order valence-electron chi connectivity index (χ3n) is 2.80. The van der Waals surface area contributed by atoms with Crippen LogP contribution in [-0.2, 0) is 6.54 Å². The van der Waals surface area contributed by atoms with Gasteiger partial charge in [-0.25, -0.2) is 4.39 Å². The van der Waals surface area contributed by atoms with Gasteiger partial charge in [0.2, 0.25) is 0 Å². The van der Waals surface area contributed by atoms with Gasteiger partial charge in [0.25, 0.3) is 0 Å². The molecule has 0 aliphatic carbocycles. The Kier molecular flexibility index (Phi) is 3.92. The van der Waals surface area contributed by atoms with E-state index in [0.717, 1.165) is 12.1 Å². The standard InChI is InChI=1S/C14H16FNS/c1-10-8-12(5-6-13(10)15)9-16-11(2)14-4-3-7-17-14/h3-8,11,16H,9H2,1-2H3/t11-/m0/s1. The largest absolute Gasteiger partial charge is 0.305 e. The highest BCUT2D eigenvalue weighted by Crippen LogP contribution is 2.18. The first-order valence-electron chi connectivity index (χ1n) is 5.68. The molecule has 0 aliphatic heterocycles. The Morgan fingerprint density at radius 3 is 2.82 bits per heavy atom. The van der Waals surface area contributed by atoms with E-state index >= 15 is 0 Å². The Bertz CT molecular complexity index is 479. The van der Waals surface area contributed by atoms with Crippen LogP contribution in [0.3, 0.4) is 0 Å². The molecule has 2 aromatic rings. The lowest BCUT2D eigenvalue weighted by atomic mass is 10.1. The fourth-order valence-electron chi connectivity index (χ4n) is 1.73. The Morgan fingerprint density at radius 2 is 2.18 bits per heavy atom. The van der Waals surface area contributed by atoms with E-state index in [1.807, 2.05) is 12.1 Å². The van der Waals surface area contributed by atoms with Crippen molar-refractivity contribution in [2.45, 2.75) is 26.4 Å². The second kappa shape index (κ2) is 5.43. The number of rotatable bonds is 4. The van der Waals surface area contributed by atoms with Gasteiger partial charge in [0, 0.05) is 17.5 Å². The van der Waals surface area contributed by atoms with Crippen molar-refractivity contribution < 1.29 is 4.39 Å². The molecule has 0 saturated heterocycles. The fraction of sp³-hybridized carbons (Fsp3) is 0.286. The summed E-state index contributed by atoms with van der Waals surface area (Å²) in [5.74, 6) is -0.139. The number of hydrogen-bond acceptors (Lipinski definition) is 2. The molecule has 0 spiro atoms. The third-order valence-corrected chi connectivity index (χ3v) is 3.86. The highest BCUT2D eigenvalue weighted by molar-refractivity contribution is 7.10. The zero-order chi connectivity index (χ0) is 12.3. The minimum absolute atomic E-state index is 0.139. The van der Waals surface area contributed by atoms with Crippen LogP contribution in [0.15, 0.2) is 35.7 Å². The van der Waals surface area contributed by atoms with Crippen LogP contribution in [0.2, 0.25) is 0 Å². The highest BCUT2D eigenvalue weighted by Gasteiger charge is 2.06. The van der Waals surface area contributed by atoms with Gasteiger partial charge in [-0.3, -0.25) is 0 Å². The lowest BCUT2D eigenvalue weighted by Gasteiger charge is -2.12. The average Bonchev–Trinajstić information content (AvgIpc) is 2.84. The zero-order valence-corrected chi connectivity index (χ0v) is 10.9. The molecule has 0 aliphatic rings. The molecule has 3 heteroatoms. The third kappa shape index (κ3) is 3.14. The van der Waals surface area contributed by atoms with Gasteiger partial charge < -0.3 is 5.32 Å². The van der Waals surface area contributed by atoms with E-state index in [0.29, 0.717) is 11.6 Å². The number of hydrogen-bond donors (Lipinski definition) is 1. The molecular weight excluding hydrogens is 233 g/mol. The topological polar surface area (TPSA) is 12.0 Å². The SMILES string of the molecule is Cc1cc(CN[C@@H](C)c2cccs2)ccc1F. The molecule has 0 unspecified atom stereocenters. The monoisotopic (exact) mass is 249 g/mol. The first-order chi connectivity index (χ1) is 8.16. The lowest BCUT2D eigenvalue weighted by molar-refractivity contribution is 0.579. The molecule has 0 bridgehead atoms. The molecule has 1 aromatic carbocycles. The predicted octanol–water partition coefficient (Wildman–Crippen LogP) is 4.05. The van der Waals surface area contributed by atoms with Crippen molar-refractivity contribution in [3.05, 3.63) is 57.5 Å². The van der Waals surface area contributed by atoms with E-state index < -0.39 is 0 Å². The van der Waals surface area contributed by atoms with Crippen molar-refractivity contribution in [1.82, 2.24) is 5.32 Å². The molecule has 0 saturated carbocycles. The van der Waals surface area contributed by atoms with Gasteiger partial charge >= 0.3 is 0 Å². The molecule has 1 aromatic heterocycles. The molecule has 90 valence electrons.